The first-order chi connectivity index (χ1) is 8.99. The van der Waals surface area contributed by atoms with Crippen LogP contribution in [0.15, 0.2) is 28.2 Å². The first-order valence-electron chi connectivity index (χ1n) is 5.44. The lowest BCUT2D eigenvalue weighted by Crippen LogP contribution is -2.27. The van der Waals surface area contributed by atoms with Crippen LogP contribution in [-0.2, 0) is 0 Å². The van der Waals surface area contributed by atoms with Crippen molar-refractivity contribution < 1.29 is 9.18 Å². The summed E-state index contributed by atoms with van der Waals surface area (Å²) in [5.74, 6) is -0.891. The van der Waals surface area contributed by atoms with Gasteiger partial charge in [-0.1, -0.05) is 0 Å². The first-order valence-corrected chi connectivity index (χ1v) is 7.11. The zero-order valence-corrected chi connectivity index (χ0v) is 12.4. The van der Waals surface area contributed by atoms with Gasteiger partial charge < -0.3 is 11.1 Å². The first kappa shape index (κ1) is 14.0. The Hall–Kier alpha value is -1.47. The minimum atomic E-state index is -0.559. The summed E-state index contributed by atoms with van der Waals surface area (Å²) in [5.41, 5.74) is 5.70. The summed E-state index contributed by atoms with van der Waals surface area (Å²) in [6, 6.07) is 2.27. The fraction of sp³-hybridized carbons (Fsp3) is 0.167. The van der Waals surface area contributed by atoms with Crippen LogP contribution in [0.3, 0.4) is 0 Å². The highest BCUT2D eigenvalue weighted by Crippen LogP contribution is 2.24. The van der Waals surface area contributed by atoms with E-state index in [4.69, 9.17) is 5.73 Å². The Morgan fingerprint density at radius 1 is 1.58 bits per heavy atom. The molecule has 1 amide bonds. The van der Waals surface area contributed by atoms with Crippen LogP contribution in [-0.4, -0.2) is 10.9 Å². The lowest BCUT2D eigenvalue weighted by atomic mass is 10.1. The van der Waals surface area contributed by atoms with E-state index in [0.717, 1.165) is 5.01 Å². The normalized spacial score (nSPS) is 12.2. The summed E-state index contributed by atoms with van der Waals surface area (Å²) in [7, 11) is 0. The summed E-state index contributed by atoms with van der Waals surface area (Å²) < 4.78 is 13.6. The van der Waals surface area contributed by atoms with Gasteiger partial charge >= 0.3 is 0 Å². The molecule has 1 aromatic carbocycles. The van der Waals surface area contributed by atoms with E-state index in [2.05, 4.69) is 26.2 Å². The zero-order valence-electron chi connectivity index (χ0n) is 9.98. The fourth-order valence-electron chi connectivity index (χ4n) is 1.52. The lowest BCUT2D eigenvalue weighted by molar-refractivity contribution is 0.0939. The van der Waals surface area contributed by atoms with Crippen LogP contribution in [0.2, 0.25) is 0 Å². The number of nitrogens with zero attached hydrogens (tertiary/aromatic N) is 1. The number of carbonyl (C=O) groups excluding carboxylic acids is 1. The molecule has 0 aliphatic rings. The number of halogens is 2. The quantitative estimate of drug-likeness (QED) is 0.841. The number of aromatic nitrogens is 1. The number of thiazole rings is 1. The van der Waals surface area contributed by atoms with Gasteiger partial charge in [0.1, 0.15) is 10.8 Å². The highest BCUT2D eigenvalue weighted by molar-refractivity contribution is 9.10. The zero-order chi connectivity index (χ0) is 14.0. The maximum atomic E-state index is 13.2. The number of nitrogens with one attached hydrogen (secondary N) is 1. The molecule has 2 aromatic rings. The number of amides is 1. The summed E-state index contributed by atoms with van der Waals surface area (Å²) in [5, 5.41) is 5.43. The molecule has 0 aliphatic carbocycles. The third-order valence-electron chi connectivity index (χ3n) is 2.50. The molecule has 1 aromatic heterocycles. The second-order valence-electron chi connectivity index (χ2n) is 3.92. The predicted octanol–water partition coefficient (Wildman–Crippen LogP) is 3.12. The molecule has 1 heterocycles. The van der Waals surface area contributed by atoms with Gasteiger partial charge in [-0.15, -0.1) is 11.3 Å². The minimum absolute atomic E-state index is 0.0600. The summed E-state index contributed by atoms with van der Waals surface area (Å²) in [6.07, 6.45) is 1.68. The van der Waals surface area contributed by atoms with Gasteiger partial charge in [-0.05, 0) is 35.0 Å². The molecule has 0 spiro atoms. The highest BCUT2D eigenvalue weighted by atomic mass is 79.9. The Labute approximate surface area is 122 Å². The van der Waals surface area contributed by atoms with Crippen molar-refractivity contribution in [3.8, 4) is 0 Å². The van der Waals surface area contributed by atoms with Crippen LogP contribution < -0.4 is 11.1 Å². The van der Waals surface area contributed by atoms with Gasteiger partial charge in [0.15, 0.2) is 0 Å². The molecule has 100 valence electrons. The van der Waals surface area contributed by atoms with Gasteiger partial charge in [-0.25, -0.2) is 9.37 Å². The number of nitrogens with two attached hydrogens (primary N) is 1. The molecule has 0 bridgehead atoms. The van der Waals surface area contributed by atoms with Gasteiger partial charge in [-0.3, -0.25) is 4.79 Å². The van der Waals surface area contributed by atoms with Crippen molar-refractivity contribution in [1.82, 2.24) is 10.3 Å². The Balaban J connectivity index is 2.19. The van der Waals surface area contributed by atoms with E-state index < -0.39 is 5.82 Å². The Morgan fingerprint density at radius 2 is 2.32 bits per heavy atom. The molecule has 0 fully saturated rings. The van der Waals surface area contributed by atoms with Crippen LogP contribution >= 0.6 is 27.3 Å². The molecular weight excluding hydrogens is 333 g/mol. The second kappa shape index (κ2) is 5.66. The van der Waals surface area contributed by atoms with E-state index in [1.807, 2.05) is 12.3 Å². The molecule has 0 saturated heterocycles. The van der Waals surface area contributed by atoms with Gasteiger partial charge in [0, 0.05) is 16.0 Å². The van der Waals surface area contributed by atoms with Crippen molar-refractivity contribution in [3.05, 3.63) is 44.6 Å². The van der Waals surface area contributed by atoms with Crippen LogP contribution in [0.1, 0.15) is 28.3 Å². The molecule has 19 heavy (non-hydrogen) atoms. The predicted molar refractivity (Wildman–Crippen MR) is 76.5 cm³/mol. The van der Waals surface area contributed by atoms with E-state index in [1.165, 1.54) is 23.5 Å². The number of hydrogen-bond donors (Lipinski definition) is 2. The van der Waals surface area contributed by atoms with Crippen LogP contribution in [0.25, 0.3) is 0 Å². The van der Waals surface area contributed by atoms with Crippen LogP contribution in [0, 0.1) is 5.82 Å². The van der Waals surface area contributed by atoms with Crippen molar-refractivity contribution >= 4 is 38.9 Å². The van der Waals surface area contributed by atoms with E-state index in [-0.39, 0.29) is 17.6 Å². The number of benzene rings is 1. The SMILES string of the molecule is CC(NC(=O)c1cc(N)c(F)cc1Br)c1nccs1. The maximum absolute atomic E-state index is 13.2. The number of carbonyl (C=O) groups is 1. The molecular formula is C12H11BrFN3OS. The topological polar surface area (TPSA) is 68.0 Å². The van der Waals surface area contributed by atoms with Gasteiger partial charge in [0.2, 0.25) is 0 Å². The fourth-order valence-corrected chi connectivity index (χ4v) is 2.67. The number of rotatable bonds is 3. The molecule has 0 saturated carbocycles. The van der Waals surface area contributed by atoms with Gasteiger partial charge in [-0.2, -0.15) is 0 Å². The maximum Gasteiger partial charge on any atom is 0.253 e. The standard InChI is InChI=1S/C12H11BrFN3OS/c1-6(12-16-2-3-19-12)17-11(18)7-4-10(15)9(14)5-8(7)13/h2-6H,15H2,1H3,(H,17,18). The summed E-state index contributed by atoms with van der Waals surface area (Å²) >= 11 is 4.61. The molecule has 2 rings (SSSR count). The second-order valence-corrected chi connectivity index (χ2v) is 5.70. The van der Waals surface area contributed by atoms with E-state index in [1.54, 1.807) is 6.20 Å². The summed E-state index contributed by atoms with van der Waals surface area (Å²) in [4.78, 5) is 16.2. The average Bonchev–Trinajstić information content (AvgIpc) is 2.87. The molecule has 7 heteroatoms. The van der Waals surface area contributed by atoms with Crippen molar-refractivity contribution in [2.45, 2.75) is 13.0 Å². The van der Waals surface area contributed by atoms with Gasteiger partial charge in [0.25, 0.3) is 5.91 Å². The van der Waals surface area contributed by atoms with E-state index >= 15 is 0 Å². The molecule has 0 aliphatic heterocycles. The third kappa shape index (κ3) is 3.10. The van der Waals surface area contributed by atoms with Crippen LogP contribution in [0.4, 0.5) is 10.1 Å². The van der Waals surface area contributed by atoms with E-state index in [0.29, 0.717) is 10.0 Å². The molecule has 1 unspecified atom stereocenters. The van der Waals surface area contributed by atoms with Crippen LogP contribution in [0.5, 0.6) is 0 Å². The Bertz CT molecular complexity index is 603. The van der Waals surface area contributed by atoms with Gasteiger partial charge in [0.05, 0.1) is 17.3 Å². The molecule has 3 N–H and O–H groups in total. The molecule has 0 radical (unpaired) electrons. The average molecular weight is 344 g/mol. The van der Waals surface area contributed by atoms with Crippen molar-refractivity contribution in [2.75, 3.05) is 5.73 Å². The van der Waals surface area contributed by atoms with Crippen molar-refractivity contribution in [3.63, 3.8) is 0 Å². The minimum Gasteiger partial charge on any atom is -0.396 e. The number of nitrogen functional groups attached to an aromatic ring is 1. The van der Waals surface area contributed by atoms with E-state index in [9.17, 15) is 9.18 Å². The van der Waals surface area contributed by atoms with Crippen molar-refractivity contribution in [1.29, 1.82) is 0 Å². The lowest BCUT2D eigenvalue weighted by Gasteiger charge is -2.12. The third-order valence-corrected chi connectivity index (χ3v) is 4.11. The largest absolute Gasteiger partial charge is 0.396 e. The summed E-state index contributed by atoms with van der Waals surface area (Å²) in [6.45, 7) is 1.83. The number of hydrogen-bond acceptors (Lipinski definition) is 4. The smallest absolute Gasteiger partial charge is 0.253 e. The molecule has 4 nitrogen and oxygen atoms in total. The highest BCUT2D eigenvalue weighted by Gasteiger charge is 2.17. The molecule has 1 atom stereocenters. The Morgan fingerprint density at radius 3 is 2.95 bits per heavy atom. The monoisotopic (exact) mass is 343 g/mol. The number of anilines is 1. The van der Waals surface area contributed by atoms with Crippen molar-refractivity contribution in [2.24, 2.45) is 0 Å². The Kier molecular flexibility index (Phi) is 4.16.